The first-order valence-electron chi connectivity index (χ1n) is 8.15. The highest BCUT2D eigenvalue weighted by Gasteiger charge is 2.16. The fourth-order valence-corrected chi connectivity index (χ4v) is 2.65. The minimum Gasteiger partial charge on any atom is -0.497 e. The summed E-state index contributed by atoms with van der Waals surface area (Å²) in [6.45, 7) is 0.160. The van der Waals surface area contributed by atoms with Crippen molar-refractivity contribution in [1.82, 2.24) is 15.6 Å². The third kappa shape index (κ3) is 3.45. The Kier molecular flexibility index (Phi) is 4.44. The highest BCUT2D eigenvalue weighted by atomic mass is 16.7. The Bertz CT molecular complexity index is 995. The maximum absolute atomic E-state index is 12.2. The Morgan fingerprint density at radius 2 is 2.04 bits per heavy atom. The predicted octanol–water partition coefficient (Wildman–Crippen LogP) is 2.58. The molecule has 1 aliphatic heterocycles. The molecule has 1 amide bonds. The van der Waals surface area contributed by atoms with Gasteiger partial charge in [0.15, 0.2) is 11.5 Å². The van der Waals surface area contributed by atoms with Crippen molar-refractivity contribution in [2.24, 2.45) is 5.10 Å². The van der Waals surface area contributed by atoms with Gasteiger partial charge in [-0.1, -0.05) is 0 Å². The summed E-state index contributed by atoms with van der Waals surface area (Å²) in [5.74, 6) is 1.59. The molecule has 0 radical (unpaired) electrons. The summed E-state index contributed by atoms with van der Waals surface area (Å²) >= 11 is 0. The summed E-state index contributed by atoms with van der Waals surface area (Å²) in [6.07, 6.45) is 3.17. The fraction of sp³-hybridized carbons (Fsp3) is 0.105. The standard InChI is InChI=1S/C19H16N4O4/c1-25-15-5-2-12(3-6-15)18-14(9-20-22-18)10-21-23-19(24)13-4-7-16-17(8-13)27-11-26-16/h2-10H,11H2,1H3,(H,20,22)(H,23,24)/b21-10-. The number of carbonyl (C=O) groups is 1. The van der Waals surface area contributed by atoms with Gasteiger partial charge in [-0.2, -0.15) is 10.2 Å². The topological polar surface area (TPSA) is 97.8 Å². The van der Waals surface area contributed by atoms with E-state index in [2.05, 4.69) is 20.7 Å². The van der Waals surface area contributed by atoms with Crippen molar-refractivity contribution in [3.8, 4) is 28.5 Å². The van der Waals surface area contributed by atoms with Crippen molar-refractivity contribution >= 4 is 12.1 Å². The molecule has 1 aromatic heterocycles. The van der Waals surface area contributed by atoms with Crippen molar-refractivity contribution in [2.75, 3.05) is 13.9 Å². The Balaban J connectivity index is 1.46. The van der Waals surface area contributed by atoms with Gasteiger partial charge in [-0.05, 0) is 42.5 Å². The van der Waals surface area contributed by atoms with Gasteiger partial charge in [0, 0.05) is 16.7 Å². The number of nitrogens with zero attached hydrogens (tertiary/aromatic N) is 2. The van der Waals surface area contributed by atoms with Crippen LogP contribution in [0.1, 0.15) is 15.9 Å². The van der Waals surface area contributed by atoms with Crippen LogP contribution in [0.4, 0.5) is 0 Å². The Morgan fingerprint density at radius 3 is 2.85 bits per heavy atom. The number of hydrogen-bond donors (Lipinski definition) is 2. The van der Waals surface area contributed by atoms with E-state index < -0.39 is 0 Å². The van der Waals surface area contributed by atoms with Crippen LogP contribution in [0, 0.1) is 0 Å². The molecule has 8 heteroatoms. The van der Waals surface area contributed by atoms with Gasteiger partial charge in [-0.25, -0.2) is 5.43 Å². The third-order valence-corrected chi connectivity index (χ3v) is 4.05. The van der Waals surface area contributed by atoms with E-state index >= 15 is 0 Å². The molecule has 4 rings (SSSR count). The number of H-pyrrole nitrogens is 1. The molecule has 0 saturated carbocycles. The second-order valence-electron chi connectivity index (χ2n) is 5.70. The van der Waals surface area contributed by atoms with Crippen LogP contribution in [0.3, 0.4) is 0 Å². The molecule has 0 spiro atoms. The lowest BCUT2D eigenvalue weighted by Crippen LogP contribution is -2.17. The number of nitrogens with one attached hydrogen (secondary N) is 2. The first-order valence-corrected chi connectivity index (χ1v) is 8.15. The van der Waals surface area contributed by atoms with Crippen LogP contribution in [-0.4, -0.2) is 36.2 Å². The van der Waals surface area contributed by atoms with Gasteiger partial charge in [0.05, 0.1) is 25.2 Å². The summed E-state index contributed by atoms with van der Waals surface area (Å²) in [7, 11) is 1.62. The number of aromatic nitrogens is 2. The molecular formula is C19H16N4O4. The first-order chi connectivity index (χ1) is 13.2. The number of amides is 1. The lowest BCUT2D eigenvalue weighted by atomic mass is 10.1. The zero-order valence-electron chi connectivity index (χ0n) is 14.4. The Morgan fingerprint density at radius 1 is 1.22 bits per heavy atom. The number of hydrogen-bond acceptors (Lipinski definition) is 6. The summed E-state index contributed by atoms with van der Waals surface area (Å²) in [6, 6.07) is 12.5. The maximum atomic E-state index is 12.2. The van der Waals surface area contributed by atoms with E-state index in [0.717, 1.165) is 22.6 Å². The fourth-order valence-electron chi connectivity index (χ4n) is 2.65. The molecular weight excluding hydrogens is 348 g/mol. The number of benzene rings is 2. The van der Waals surface area contributed by atoms with Crippen molar-refractivity contribution in [2.45, 2.75) is 0 Å². The number of ether oxygens (including phenoxy) is 3. The number of aromatic amines is 1. The minimum atomic E-state index is -0.348. The molecule has 3 aromatic rings. The predicted molar refractivity (Wildman–Crippen MR) is 98.2 cm³/mol. The summed E-state index contributed by atoms with van der Waals surface area (Å²) < 4.78 is 15.7. The molecule has 8 nitrogen and oxygen atoms in total. The quantitative estimate of drug-likeness (QED) is 0.536. The van der Waals surface area contributed by atoms with E-state index in [-0.39, 0.29) is 12.7 Å². The van der Waals surface area contributed by atoms with Crippen LogP contribution in [0.5, 0.6) is 17.2 Å². The van der Waals surface area contributed by atoms with E-state index in [1.54, 1.807) is 31.5 Å². The van der Waals surface area contributed by atoms with Crippen molar-refractivity contribution < 1.29 is 19.0 Å². The van der Waals surface area contributed by atoms with E-state index in [4.69, 9.17) is 14.2 Å². The second-order valence-corrected chi connectivity index (χ2v) is 5.70. The van der Waals surface area contributed by atoms with Crippen LogP contribution < -0.4 is 19.6 Å². The van der Waals surface area contributed by atoms with Crippen molar-refractivity contribution in [1.29, 1.82) is 0 Å². The molecule has 1 aliphatic rings. The van der Waals surface area contributed by atoms with Crippen LogP contribution in [0.25, 0.3) is 11.3 Å². The molecule has 136 valence electrons. The van der Waals surface area contributed by atoms with E-state index in [1.165, 1.54) is 6.21 Å². The molecule has 0 atom stereocenters. The van der Waals surface area contributed by atoms with Gasteiger partial charge in [-0.15, -0.1) is 0 Å². The number of rotatable bonds is 5. The summed E-state index contributed by atoms with van der Waals surface area (Å²) in [5, 5.41) is 11.0. The number of carbonyl (C=O) groups excluding carboxylic acids is 1. The molecule has 2 aromatic carbocycles. The normalized spacial score (nSPS) is 12.3. The lowest BCUT2D eigenvalue weighted by molar-refractivity contribution is 0.0954. The molecule has 0 saturated heterocycles. The zero-order chi connectivity index (χ0) is 18.6. The van der Waals surface area contributed by atoms with Crippen molar-refractivity contribution in [3.05, 3.63) is 59.8 Å². The van der Waals surface area contributed by atoms with Crippen LogP contribution in [0.2, 0.25) is 0 Å². The number of methoxy groups -OCH3 is 1. The molecule has 2 N–H and O–H groups in total. The van der Waals surface area contributed by atoms with Gasteiger partial charge in [-0.3, -0.25) is 9.89 Å². The SMILES string of the molecule is COc1ccc(-c2[nH]ncc2/C=N\NC(=O)c2ccc3c(c2)OCO3)cc1. The number of hydrazone groups is 1. The smallest absolute Gasteiger partial charge is 0.271 e. The largest absolute Gasteiger partial charge is 0.497 e. The maximum Gasteiger partial charge on any atom is 0.271 e. The molecule has 27 heavy (non-hydrogen) atoms. The van der Waals surface area contributed by atoms with Gasteiger partial charge in [0.25, 0.3) is 5.91 Å². The lowest BCUT2D eigenvalue weighted by Gasteiger charge is -2.03. The van der Waals surface area contributed by atoms with Crippen LogP contribution in [0.15, 0.2) is 53.8 Å². The Hall–Kier alpha value is -3.81. The average molecular weight is 364 g/mol. The molecule has 0 unspecified atom stereocenters. The summed E-state index contributed by atoms with van der Waals surface area (Å²) in [4.78, 5) is 12.2. The van der Waals surface area contributed by atoms with Gasteiger partial charge in [0.2, 0.25) is 6.79 Å². The average Bonchev–Trinajstić information content (AvgIpc) is 3.36. The minimum absolute atomic E-state index is 0.160. The highest BCUT2D eigenvalue weighted by molar-refractivity contribution is 5.96. The molecule has 0 aliphatic carbocycles. The first kappa shape index (κ1) is 16.6. The third-order valence-electron chi connectivity index (χ3n) is 4.05. The van der Waals surface area contributed by atoms with Gasteiger partial charge in [0.1, 0.15) is 5.75 Å². The van der Waals surface area contributed by atoms with Crippen molar-refractivity contribution in [3.63, 3.8) is 0 Å². The molecule has 0 bridgehead atoms. The number of fused-ring (bicyclic) bond motifs is 1. The monoisotopic (exact) mass is 364 g/mol. The Labute approximate surface area is 154 Å². The van der Waals surface area contributed by atoms with E-state index in [1.807, 2.05) is 24.3 Å². The van der Waals surface area contributed by atoms with Gasteiger partial charge < -0.3 is 14.2 Å². The second kappa shape index (κ2) is 7.20. The van der Waals surface area contributed by atoms with Crippen LogP contribution in [-0.2, 0) is 0 Å². The van der Waals surface area contributed by atoms with Crippen LogP contribution >= 0.6 is 0 Å². The zero-order valence-corrected chi connectivity index (χ0v) is 14.4. The molecule has 0 fully saturated rings. The molecule has 2 heterocycles. The summed E-state index contributed by atoms with van der Waals surface area (Å²) in [5.41, 5.74) is 5.39. The van der Waals surface area contributed by atoms with Gasteiger partial charge >= 0.3 is 0 Å². The van der Waals surface area contributed by atoms with E-state index in [9.17, 15) is 4.79 Å². The highest BCUT2D eigenvalue weighted by Crippen LogP contribution is 2.32. The van der Waals surface area contributed by atoms with E-state index in [0.29, 0.717) is 17.1 Å².